The molecule has 1 heterocycles. The van der Waals surface area contributed by atoms with Crippen LogP contribution in [0.3, 0.4) is 0 Å². The predicted octanol–water partition coefficient (Wildman–Crippen LogP) is 4.45. The van der Waals surface area contributed by atoms with Crippen LogP contribution in [0.15, 0.2) is 54.6 Å². The molecule has 4 heteroatoms. The number of carbonyl (C=O) groups excluding carboxylic acids is 1. The van der Waals surface area contributed by atoms with Crippen LogP contribution in [0, 0.1) is 0 Å². The summed E-state index contributed by atoms with van der Waals surface area (Å²) in [6.45, 7) is 4.25. The molecular weight excluding hydrogens is 348 g/mol. The minimum atomic E-state index is 0.164. The minimum Gasteiger partial charge on any atom is -0.378 e. The Hall–Kier alpha value is -2.33. The van der Waals surface area contributed by atoms with Crippen LogP contribution >= 0.6 is 0 Å². The molecule has 1 aliphatic heterocycles. The van der Waals surface area contributed by atoms with Gasteiger partial charge in [0.15, 0.2) is 0 Å². The van der Waals surface area contributed by atoms with Crippen molar-refractivity contribution in [2.75, 3.05) is 32.1 Å². The van der Waals surface area contributed by atoms with E-state index in [2.05, 4.69) is 48.2 Å². The van der Waals surface area contributed by atoms with Gasteiger partial charge in [-0.1, -0.05) is 49.4 Å². The van der Waals surface area contributed by atoms with Crippen molar-refractivity contribution in [1.82, 2.24) is 4.90 Å². The molecule has 0 aliphatic carbocycles. The third-order valence-corrected chi connectivity index (χ3v) is 5.48. The van der Waals surface area contributed by atoms with E-state index in [0.717, 1.165) is 25.0 Å². The van der Waals surface area contributed by atoms with Crippen LogP contribution in [-0.4, -0.2) is 44.2 Å². The Kier molecular flexibility index (Phi) is 7.10. The number of benzene rings is 2. The van der Waals surface area contributed by atoms with Crippen LogP contribution in [0.2, 0.25) is 0 Å². The fraction of sp³-hybridized carbons (Fsp3) is 0.458. The lowest BCUT2D eigenvalue weighted by Crippen LogP contribution is -2.37. The zero-order valence-corrected chi connectivity index (χ0v) is 17.3. The molecular formula is C24H32N2O2. The maximum Gasteiger partial charge on any atom is 0.223 e. The molecule has 0 N–H and O–H groups in total. The first-order chi connectivity index (χ1) is 13.5. The maximum absolute atomic E-state index is 13.2. The molecule has 28 heavy (non-hydrogen) atoms. The van der Waals surface area contributed by atoms with Crippen molar-refractivity contribution in [2.45, 2.75) is 44.8 Å². The number of hydrogen-bond donors (Lipinski definition) is 0. The van der Waals surface area contributed by atoms with Gasteiger partial charge in [0.05, 0.1) is 6.10 Å². The van der Waals surface area contributed by atoms with Gasteiger partial charge in [-0.25, -0.2) is 0 Å². The number of anilines is 1. The van der Waals surface area contributed by atoms with Crippen molar-refractivity contribution in [3.8, 4) is 0 Å². The van der Waals surface area contributed by atoms with E-state index in [4.69, 9.17) is 4.74 Å². The van der Waals surface area contributed by atoms with Crippen molar-refractivity contribution >= 4 is 11.6 Å². The molecule has 0 radical (unpaired) electrons. The van der Waals surface area contributed by atoms with Crippen LogP contribution in [0.5, 0.6) is 0 Å². The quantitative estimate of drug-likeness (QED) is 0.678. The standard InChI is InChI=1S/C24H32N2O2/c1-19(21-8-5-4-6-9-21)16-24(27)26(18-23-10-7-15-28-23)17-20-11-13-22(14-12-20)25(2)3/h4-6,8-9,11-14,19,23H,7,10,15-18H2,1-3H3/t19-,23-/m1/s1. The van der Waals surface area contributed by atoms with E-state index in [1.54, 1.807) is 0 Å². The first-order valence-electron chi connectivity index (χ1n) is 10.2. The van der Waals surface area contributed by atoms with Crippen molar-refractivity contribution in [3.05, 3.63) is 65.7 Å². The van der Waals surface area contributed by atoms with E-state index in [1.165, 1.54) is 11.3 Å². The summed E-state index contributed by atoms with van der Waals surface area (Å²) in [6.07, 6.45) is 2.81. The van der Waals surface area contributed by atoms with Crippen molar-refractivity contribution < 1.29 is 9.53 Å². The van der Waals surface area contributed by atoms with E-state index in [0.29, 0.717) is 19.5 Å². The summed E-state index contributed by atoms with van der Waals surface area (Å²) in [5.41, 5.74) is 3.53. The van der Waals surface area contributed by atoms with Gasteiger partial charge in [-0.15, -0.1) is 0 Å². The van der Waals surface area contributed by atoms with E-state index in [1.807, 2.05) is 37.2 Å². The summed E-state index contributed by atoms with van der Waals surface area (Å²) in [5, 5.41) is 0. The molecule has 2 aromatic rings. The zero-order valence-electron chi connectivity index (χ0n) is 17.3. The monoisotopic (exact) mass is 380 g/mol. The predicted molar refractivity (Wildman–Crippen MR) is 115 cm³/mol. The highest BCUT2D eigenvalue weighted by molar-refractivity contribution is 5.77. The average Bonchev–Trinajstić information content (AvgIpc) is 3.21. The summed E-state index contributed by atoms with van der Waals surface area (Å²) in [5.74, 6) is 0.403. The second-order valence-electron chi connectivity index (χ2n) is 7.99. The summed E-state index contributed by atoms with van der Waals surface area (Å²) in [6, 6.07) is 18.7. The zero-order chi connectivity index (χ0) is 19.9. The number of nitrogens with zero attached hydrogens (tertiary/aromatic N) is 2. The van der Waals surface area contributed by atoms with Crippen LogP contribution < -0.4 is 4.90 Å². The summed E-state index contributed by atoms with van der Waals surface area (Å²) < 4.78 is 5.81. The van der Waals surface area contributed by atoms with Crippen molar-refractivity contribution in [2.24, 2.45) is 0 Å². The summed E-state index contributed by atoms with van der Waals surface area (Å²) in [4.78, 5) is 17.2. The Morgan fingerprint density at radius 3 is 2.43 bits per heavy atom. The van der Waals surface area contributed by atoms with Crippen LogP contribution in [0.25, 0.3) is 0 Å². The lowest BCUT2D eigenvalue weighted by molar-refractivity contribution is -0.133. The molecule has 1 aliphatic rings. The summed E-state index contributed by atoms with van der Waals surface area (Å²) >= 11 is 0. The third-order valence-electron chi connectivity index (χ3n) is 5.48. The second kappa shape index (κ2) is 9.74. The van der Waals surface area contributed by atoms with Crippen LogP contribution in [-0.2, 0) is 16.1 Å². The van der Waals surface area contributed by atoms with Gasteiger partial charge in [-0.3, -0.25) is 4.79 Å². The topological polar surface area (TPSA) is 32.8 Å². The molecule has 3 rings (SSSR count). The van der Waals surface area contributed by atoms with Crippen molar-refractivity contribution in [1.29, 1.82) is 0 Å². The Morgan fingerprint density at radius 2 is 1.82 bits per heavy atom. The molecule has 0 bridgehead atoms. The molecule has 0 unspecified atom stereocenters. The number of carbonyl (C=O) groups is 1. The van der Waals surface area contributed by atoms with E-state index < -0.39 is 0 Å². The van der Waals surface area contributed by atoms with E-state index in [9.17, 15) is 4.79 Å². The first kappa shape index (κ1) is 20.4. The molecule has 4 nitrogen and oxygen atoms in total. The SMILES string of the molecule is C[C@H](CC(=O)N(Cc1ccc(N(C)C)cc1)C[C@H]1CCCO1)c1ccccc1. The van der Waals surface area contributed by atoms with Crippen LogP contribution in [0.1, 0.15) is 43.2 Å². The average molecular weight is 381 g/mol. The number of rotatable bonds is 8. The minimum absolute atomic E-state index is 0.164. The first-order valence-corrected chi connectivity index (χ1v) is 10.2. The van der Waals surface area contributed by atoms with Gasteiger partial charge in [-0.2, -0.15) is 0 Å². The van der Waals surface area contributed by atoms with Crippen molar-refractivity contribution in [3.63, 3.8) is 0 Å². The van der Waals surface area contributed by atoms with Gasteiger partial charge in [0.25, 0.3) is 0 Å². The third kappa shape index (κ3) is 5.59. The van der Waals surface area contributed by atoms with Gasteiger partial charge in [0.1, 0.15) is 0 Å². The molecule has 150 valence electrons. The molecule has 1 amide bonds. The van der Waals surface area contributed by atoms with E-state index in [-0.39, 0.29) is 17.9 Å². The van der Waals surface area contributed by atoms with E-state index >= 15 is 0 Å². The fourth-order valence-corrected chi connectivity index (χ4v) is 3.70. The fourth-order valence-electron chi connectivity index (χ4n) is 3.70. The molecule has 0 spiro atoms. The maximum atomic E-state index is 13.2. The largest absolute Gasteiger partial charge is 0.378 e. The second-order valence-corrected chi connectivity index (χ2v) is 7.99. The Labute approximate surface area is 169 Å². The normalized spacial score (nSPS) is 17.3. The van der Waals surface area contributed by atoms with Gasteiger partial charge in [0, 0.05) is 45.9 Å². The number of hydrogen-bond acceptors (Lipinski definition) is 3. The number of amides is 1. The Bertz CT molecular complexity index is 737. The lowest BCUT2D eigenvalue weighted by atomic mass is 9.97. The molecule has 2 aromatic carbocycles. The summed E-state index contributed by atoms with van der Waals surface area (Å²) in [7, 11) is 4.07. The highest BCUT2D eigenvalue weighted by atomic mass is 16.5. The Balaban J connectivity index is 1.69. The van der Waals surface area contributed by atoms with Crippen LogP contribution in [0.4, 0.5) is 5.69 Å². The molecule has 2 atom stereocenters. The molecule has 1 fully saturated rings. The smallest absolute Gasteiger partial charge is 0.223 e. The van der Waals surface area contributed by atoms with Gasteiger partial charge in [-0.05, 0) is 42.0 Å². The molecule has 0 aromatic heterocycles. The van der Waals surface area contributed by atoms with Gasteiger partial charge >= 0.3 is 0 Å². The van der Waals surface area contributed by atoms with Gasteiger partial charge < -0.3 is 14.5 Å². The highest BCUT2D eigenvalue weighted by Crippen LogP contribution is 2.22. The molecule has 0 saturated carbocycles. The highest BCUT2D eigenvalue weighted by Gasteiger charge is 2.24. The lowest BCUT2D eigenvalue weighted by Gasteiger charge is -2.27. The Morgan fingerprint density at radius 1 is 1.11 bits per heavy atom. The molecule has 1 saturated heterocycles. The number of ether oxygens (including phenoxy) is 1. The van der Waals surface area contributed by atoms with Gasteiger partial charge in [0.2, 0.25) is 5.91 Å².